The summed E-state index contributed by atoms with van der Waals surface area (Å²) in [6.45, 7) is 8.64. The number of nitrogens with one attached hydrogen (secondary N) is 2. The van der Waals surface area contributed by atoms with E-state index in [-0.39, 0.29) is 30.2 Å². The van der Waals surface area contributed by atoms with Crippen LogP contribution in [0.5, 0.6) is 5.88 Å². The molecule has 17 nitrogen and oxygen atoms in total. The first-order valence-electron chi connectivity index (χ1n) is 23.5. The molecule has 11 rings (SSSR count). The summed E-state index contributed by atoms with van der Waals surface area (Å²) in [5.74, 6) is 0.961. The highest BCUT2D eigenvalue weighted by molar-refractivity contribution is 6.06. The number of hydrogen-bond donors (Lipinski definition) is 2. The zero-order chi connectivity index (χ0) is 45.2. The maximum Gasteiger partial charge on any atom is 0.258 e. The van der Waals surface area contributed by atoms with Crippen LogP contribution in [0, 0.1) is 18.8 Å². The molecule has 0 spiro atoms. The largest absolute Gasteiger partial charge is 0.477 e. The predicted octanol–water partition coefficient (Wildman–Crippen LogP) is 4.77. The van der Waals surface area contributed by atoms with Gasteiger partial charge in [-0.05, 0) is 111 Å². The lowest BCUT2D eigenvalue weighted by atomic mass is 9.98. The average Bonchev–Trinajstić information content (AvgIpc) is 4.09. The van der Waals surface area contributed by atoms with Crippen molar-refractivity contribution in [1.82, 2.24) is 39.4 Å². The minimum Gasteiger partial charge on any atom is -0.477 e. The number of anilines is 3. The van der Waals surface area contributed by atoms with Gasteiger partial charge in [-0.15, -0.1) is 0 Å². The van der Waals surface area contributed by atoms with Crippen molar-refractivity contribution in [3.8, 4) is 17.1 Å². The molecule has 1 unspecified atom stereocenters. The zero-order valence-corrected chi connectivity index (χ0v) is 37.9. The Bertz CT molecular complexity index is 2740. The number of amides is 4. The summed E-state index contributed by atoms with van der Waals surface area (Å²) in [6, 6.07) is 16.2. The second-order valence-corrected chi connectivity index (χ2v) is 19.2. The molecule has 3 aromatic heterocycles. The van der Waals surface area contributed by atoms with Gasteiger partial charge in [-0.3, -0.25) is 39.7 Å². The van der Waals surface area contributed by atoms with Gasteiger partial charge in [0.25, 0.3) is 11.8 Å². The van der Waals surface area contributed by atoms with Gasteiger partial charge in [0.05, 0.1) is 47.7 Å². The number of benzene rings is 2. The fraction of sp³-hybridized carbons (Fsp3) is 0.490. The number of carbonyl (C=O) groups is 4. The van der Waals surface area contributed by atoms with Gasteiger partial charge in [0.1, 0.15) is 6.04 Å². The Morgan fingerprint density at radius 3 is 2.48 bits per heavy atom. The topological polar surface area (TPSA) is 172 Å². The molecule has 344 valence electrons. The highest BCUT2D eigenvalue weighted by atomic mass is 16.5. The molecular formula is C49H57N11O6. The summed E-state index contributed by atoms with van der Waals surface area (Å²) in [5, 5.41) is 10.1. The number of piperazine rings is 1. The Morgan fingerprint density at radius 1 is 0.833 bits per heavy atom. The third-order valence-corrected chi connectivity index (χ3v) is 14.9. The van der Waals surface area contributed by atoms with Crippen LogP contribution in [0.4, 0.5) is 17.3 Å². The Balaban J connectivity index is 0.790. The first kappa shape index (κ1) is 42.3. The fourth-order valence-electron chi connectivity index (χ4n) is 11.6. The van der Waals surface area contributed by atoms with Crippen LogP contribution in [0.15, 0.2) is 54.7 Å². The molecule has 1 aliphatic carbocycles. The van der Waals surface area contributed by atoms with Crippen LogP contribution in [-0.2, 0) is 34.5 Å². The quantitative estimate of drug-likeness (QED) is 0.224. The van der Waals surface area contributed by atoms with Crippen molar-refractivity contribution in [1.29, 1.82) is 0 Å². The number of pyridine rings is 1. The lowest BCUT2D eigenvalue weighted by Crippen LogP contribution is -2.60. The van der Waals surface area contributed by atoms with Gasteiger partial charge in [-0.1, -0.05) is 0 Å². The number of nitrogens with zero attached hydrogens (tertiary/aromatic N) is 9. The predicted molar refractivity (Wildman–Crippen MR) is 247 cm³/mol. The molecule has 4 fully saturated rings. The molecule has 3 saturated heterocycles. The Hall–Kier alpha value is -6.33. The molecule has 1 saturated carbocycles. The molecule has 0 radical (unpaired) electrons. The molecule has 5 aromatic rings. The molecule has 17 heteroatoms. The normalized spacial score (nSPS) is 24.1. The van der Waals surface area contributed by atoms with Crippen molar-refractivity contribution >= 4 is 52.0 Å². The molecule has 4 amide bonds. The van der Waals surface area contributed by atoms with Gasteiger partial charge in [0.15, 0.2) is 0 Å². The van der Waals surface area contributed by atoms with E-state index in [2.05, 4.69) is 59.3 Å². The SMILES string of the molecule is COC[C@@H]1CN(c2ccc3nc4n(c3c2)C[C@@H]2CC[C@H](COc3c(cnn3C)-c3cc(cc(C)n3)C(=O)N4)C2)CCN1C1CCN(c2ccc3c(c2)CN(C2CCC(=O)NC2=O)C3=O)CC1. The van der Waals surface area contributed by atoms with E-state index in [4.69, 9.17) is 19.4 Å². The fourth-order valence-corrected chi connectivity index (χ4v) is 11.6. The van der Waals surface area contributed by atoms with Crippen LogP contribution < -0.4 is 25.2 Å². The average molecular weight is 896 g/mol. The number of carbonyl (C=O) groups excluding carboxylic acids is 4. The first-order valence-corrected chi connectivity index (χ1v) is 23.5. The summed E-state index contributed by atoms with van der Waals surface area (Å²) >= 11 is 0. The monoisotopic (exact) mass is 895 g/mol. The summed E-state index contributed by atoms with van der Waals surface area (Å²) < 4.78 is 16.3. The van der Waals surface area contributed by atoms with E-state index < -0.39 is 11.9 Å². The van der Waals surface area contributed by atoms with Gasteiger partial charge in [0.2, 0.25) is 23.6 Å². The third-order valence-electron chi connectivity index (χ3n) is 14.9. The van der Waals surface area contributed by atoms with Crippen LogP contribution in [0.2, 0.25) is 0 Å². The van der Waals surface area contributed by atoms with E-state index >= 15 is 0 Å². The van der Waals surface area contributed by atoms with E-state index in [1.807, 2.05) is 32.2 Å². The van der Waals surface area contributed by atoms with Crippen molar-refractivity contribution in [2.75, 3.05) is 68.2 Å². The van der Waals surface area contributed by atoms with Gasteiger partial charge in [-0.2, -0.15) is 5.10 Å². The van der Waals surface area contributed by atoms with E-state index in [0.717, 1.165) is 111 Å². The molecule has 4 bridgehead atoms. The number of fused-ring (bicyclic) bond motifs is 10. The van der Waals surface area contributed by atoms with E-state index in [0.29, 0.717) is 72.7 Å². The van der Waals surface area contributed by atoms with Gasteiger partial charge >= 0.3 is 0 Å². The molecule has 5 aliphatic heterocycles. The Kier molecular flexibility index (Phi) is 11.0. The second kappa shape index (κ2) is 17.1. The molecule has 8 heterocycles. The Labute approximate surface area is 383 Å². The minimum absolute atomic E-state index is 0.146. The van der Waals surface area contributed by atoms with Crippen LogP contribution in [0.25, 0.3) is 22.3 Å². The zero-order valence-electron chi connectivity index (χ0n) is 37.9. The second-order valence-electron chi connectivity index (χ2n) is 19.2. The van der Waals surface area contributed by atoms with Crippen LogP contribution in [0.3, 0.4) is 0 Å². The Morgan fingerprint density at radius 2 is 1.65 bits per heavy atom. The van der Waals surface area contributed by atoms with Gasteiger partial charge in [-0.25, -0.2) is 9.67 Å². The van der Waals surface area contributed by atoms with Crippen LogP contribution in [-0.4, -0.2) is 129 Å². The summed E-state index contributed by atoms with van der Waals surface area (Å²) in [4.78, 5) is 70.7. The maximum absolute atomic E-state index is 14.1. The van der Waals surface area contributed by atoms with E-state index in [1.54, 1.807) is 29.0 Å². The van der Waals surface area contributed by atoms with E-state index in [9.17, 15) is 19.2 Å². The van der Waals surface area contributed by atoms with Crippen molar-refractivity contribution in [3.05, 3.63) is 77.1 Å². The molecule has 4 atom stereocenters. The van der Waals surface area contributed by atoms with Crippen molar-refractivity contribution < 1.29 is 28.7 Å². The minimum atomic E-state index is -0.620. The van der Waals surface area contributed by atoms with Crippen molar-refractivity contribution in [3.63, 3.8) is 0 Å². The highest BCUT2D eigenvalue weighted by Crippen LogP contribution is 2.38. The standard InChI is InChI=1S/C49H57N11O6/c1-29-18-32-21-41(51-29)39-23-50-55(2)48(39)66-27-31-5-4-30(19-31)24-60-43-22-36(7-9-40(43)52-49(60)54-45(32)62)57-16-17-58(37(26-57)28-65-3)34-12-14-56(15-13-34)35-6-8-38-33(20-35)25-59(47(38)64)42-10-11-44(61)53-46(42)63/h6-9,18,20-23,30-31,34,37,42H,4-5,10-17,19,24-28H2,1-3H3,(H,52,54,62)(H,53,61,63)/t30-,31+,37+,42?/m1/s1. The molecule has 2 aromatic carbocycles. The summed E-state index contributed by atoms with van der Waals surface area (Å²) in [7, 11) is 3.66. The van der Waals surface area contributed by atoms with Crippen molar-refractivity contribution in [2.45, 2.75) is 83.1 Å². The number of ether oxygens (including phenoxy) is 2. The molecule has 2 N–H and O–H groups in total. The van der Waals surface area contributed by atoms with Crippen molar-refractivity contribution in [2.24, 2.45) is 18.9 Å². The summed E-state index contributed by atoms with van der Waals surface area (Å²) in [5.41, 5.74) is 8.29. The first-order chi connectivity index (χ1) is 32.1. The number of rotatable bonds is 6. The maximum atomic E-state index is 14.1. The lowest BCUT2D eigenvalue weighted by molar-refractivity contribution is -0.136. The number of piperidine rings is 2. The number of aromatic nitrogens is 5. The number of imide groups is 1. The van der Waals surface area contributed by atoms with Crippen LogP contribution >= 0.6 is 0 Å². The number of methoxy groups -OCH3 is 1. The number of aryl methyl sites for hydroxylation is 2. The number of hydrogen-bond acceptors (Lipinski definition) is 12. The van der Waals surface area contributed by atoms with Crippen LogP contribution in [0.1, 0.15) is 76.9 Å². The smallest absolute Gasteiger partial charge is 0.258 e. The third kappa shape index (κ3) is 7.84. The lowest BCUT2D eigenvalue weighted by Gasteiger charge is -2.48. The van der Waals surface area contributed by atoms with E-state index in [1.165, 1.54) is 0 Å². The molecule has 66 heavy (non-hydrogen) atoms. The highest BCUT2D eigenvalue weighted by Gasteiger charge is 2.40. The van der Waals surface area contributed by atoms with Gasteiger partial charge in [0, 0.05) is 101 Å². The molecular weight excluding hydrogens is 839 g/mol. The summed E-state index contributed by atoms with van der Waals surface area (Å²) in [6.07, 6.45) is 7.53. The van der Waals surface area contributed by atoms with Gasteiger partial charge < -0.3 is 28.7 Å². The number of imidazole rings is 1. The molecule has 6 aliphatic rings.